The fourth-order valence-corrected chi connectivity index (χ4v) is 2.75. The topological polar surface area (TPSA) is 50.1 Å². The summed E-state index contributed by atoms with van der Waals surface area (Å²) in [4.78, 5) is 0. The summed E-state index contributed by atoms with van der Waals surface area (Å²) in [7, 11) is 0. The predicted octanol–water partition coefficient (Wildman–Crippen LogP) is 1.56. The quantitative estimate of drug-likeness (QED) is 0.789. The molecule has 0 aromatic carbocycles. The molecule has 0 saturated heterocycles. The minimum Gasteiger partial charge on any atom is -0.394 e. The number of rotatable bonds is 6. The highest BCUT2D eigenvalue weighted by molar-refractivity contribution is 4.93. The summed E-state index contributed by atoms with van der Waals surface area (Å²) >= 11 is 0. The Labute approximate surface area is 103 Å². The zero-order valence-electron chi connectivity index (χ0n) is 10.6. The molecule has 1 atom stereocenters. The molecule has 0 bridgehead atoms. The number of hydrogen-bond acceptors (Lipinski definition) is 3. The lowest BCUT2D eigenvalue weighted by Crippen LogP contribution is -2.50. The van der Waals surface area contributed by atoms with E-state index in [1.54, 1.807) is 0 Å². The van der Waals surface area contributed by atoms with Crippen molar-refractivity contribution in [1.82, 2.24) is 15.1 Å². The third kappa shape index (κ3) is 3.30. The number of nitrogens with one attached hydrogen (secondary N) is 1. The van der Waals surface area contributed by atoms with Crippen LogP contribution in [0.1, 0.15) is 39.0 Å². The van der Waals surface area contributed by atoms with Gasteiger partial charge in [-0.15, -0.1) is 0 Å². The molecule has 1 aliphatic carbocycles. The van der Waals surface area contributed by atoms with Crippen molar-refractivity contribution in [3.8, 4) is 0 Å². The smallest absolute Gasteiger partial charge is 0.0613 e. The van der Waals surface area contributed by atoms with Crippen molar-refractivity contribution in [2.75, 3.05) is 6.61 Å². The summed E-state index contributed by atoms with van der Waals surface area (Å²) in [6, 6.07) is 2.37. The van der Waals surface area contributed by atoms with Gasteiger partial charge in [0.1, 0.15) is 0 Å². The Bertz CT molecular complexity index is 317. The zero-order chi connectivity index (χ0) is 12.1. The third-order valence-electron chi connectivity index (χ3n) is 3.77. The van der Waals surface area contributed by atoms with Crippen molar-refractivity contribution in [3.63, 3.8) is 0 Å². The van der Waals surface area contributed by atoms with E-state index in [0.29, 0.717) is 6.04 Å². The monoisotopic (exact) mass is 237 g/mol. The van der Waals surface area contributed by atoms with Crippen LogP contribution in [0.2, 0.25) is 0 Å². The Morgan fingerprint density at radius 2 is 2.24 bits per heavy atom. The maximum Gasteiger partial charge on any atom is 0.0613 e. The third-order valence-corrected chi connectivity index (χ3v) is 3.77. The van der Waals surface area contributed by atoms with E-state index in [9.17, 15) is 5.11 Å². The van der Waals surface area contributed by atoms with Crippen LogP contribution < -0.4 is 5.32 Å². The minimum absolute atomic E-state index is 0.0104. The molecule has 4 nitrogen and oxygen atoms in total. The molecule has 96 valence electrons. The number of aryl methyl sites for hydroxylation is 1. The fourth-order valence-electron chi connectivity index (χ4n) is 2.75. The molecule has 2 rings (SSSR count). The van der Waals surface area contributed by atoms with Gasteiger partial charge in [0, 0.05) is 30.5 Å². The van der Waals surface area contributed by atoms with Gasteiger partial charge in [-0.2, -0.15) is 5.10 Å². The van der Waals surface area contributed by atoms with Gasteiger partial charge in [0.15, 0.2) is 0 Å². The van der Waals surface area contributed by atoms with Crippen LogP contribution in [0.4, 0.5) is 0 Å². The second-order valence-corrected chi connectivity index (χ2v) is 5.25. The van der Waals surface area contributed by atoms with Gasteiger partial charge in [-0.3, -0.25) is 4.68 Å². The highest BCUT2D eigenvalue weighted by Crippen LogP contribution is 2.29. The molecule has 0 amide bonds. The van der Waals surface area contributed by atoms with Crippen LogP contribution in [0.25, 0.3) is 0 Å². The molecule has 1 heterocycles. The van der Waals surface area contributed by atoms with Crippen molar-refractivity contribution in [3.05, 3.63) is 18.5 Å². The first-order valence-corrected chi connectivity index (χ1v) is 6.60. The molecule has 1 aromatic heterocycles. The van der Waals surface area contributed by atoms with Crippen LogP contribution in [0.15, 0.2) is 18.5 Å². The van der Waals surface area contributed by atoms with Crippen LogP contribution in [-0.2, 0) is 6.54 Å². The number of nitrogens with zero attached hydrogens (tertiary/aromatic N) is 2. The van der Waals surface area contributed by atoms with E-state index in [1.807, 2.05) is 23.1 Å². The average Bonchev–Trinajstić information content (AvgIpc) is 2.98. The molecular formula is C13H23N3O. The number of aliphatic hydroxyl groups is 1. The first-order chi connectivity index (χ1) is 8.24. The van der Waals surface area contributed by atoms with Gasteiger partial charge in [0.05, 0.1) is 6.61 Å². The summed E-state index contributed by atoms with van der Waals surface area (Å²) in [6.07, 6.45) is 9.53. The minimum atomic E-state index is -0.0104. The van der Waals surface area contributed by atoms with Crippen LogP contribution in [-0.4, -0.2) is 33.1 Å². The maximum atomic E-state index is 9.54. The zero-order valence-corrected chi connectivity index (χ0v) is 10.6. The first-order valence-electron chi connectivity index (χ1n) is 6.60. The van der Waals surface area contributed by atoms with Crippen molar-refractivity contribution >= 4 is 0 Å². The Morgan fingerprint density at radius 3 is 2.82 bits per heavy atom. The summed E-state index contributed by atoms with van der Waals surface area (Å²) in [6.45, 7) is 3.39. The van der Waals surface area contributed by atoms with Crippen molar-refractivity contribution in [2.45, 2.75) is 57.2 Å². The van der Waals surface area contributed by atoms with E-state index in [2.05, 4.69) is 17.3 Å². The summed E-state index contributed by atoms with van der Waals surface area (Å²) in [5.41, 5.74) is -0.0104. The molecule has 2 N–H and O–H groups in total. The molecule has 1 aromatic rings. The Balaban J connectivity index is 1.78. The van der Waals surface area contributed by atoms with Gasteiger partial charge in [-0.05, 0) is 32.3 Å². The fraction of sp³-hybridized carbons (Fsp3) is 0.769. The highest BCUT2D eigenvalue weighted by atomic mass is 16.3. The standard InChI is InChI=1S/C13H23N3O/c1-12(5-10-16-9-4-8-14-16)15-13(11-17)6-2-3-7-13/h4,8-9,12,15,17H,2-3,5-7,10-11H2,1H3. The molecule has 1 saturated carbocycles. The molecule has 4 heteroatoms. The largest absolute Gasteiger partial charge is 0.394 e. The summed E-state index contributed by atoms with van der Waals surface area (Å²) in [5.74, 6) is 0. The van der Waals surface area contributed by atoms with Gasteiger partial charge < -0.3 is 10.4 Å². The molecule has 0 aliphatic heterocycles. The predicted molar refractivity (Wildman–Crippen MR) is 67.7 cm³/mol. The second kappa shape index (κ2) is 5.65. The highest BCUT2D eigenvalue weighted by Gasteiger charge is 2.33. The lowest BCUT2D eigenvalue weighted by atomic mass is 9.97. The molecule has 0 radical (unpaired) electrons. The Kier molecular flexibility index (Phi) is 4.18. The lowest BCUT2D eigenvalue weighted by Gasteiger charge is -2.32. The molecule has 1 fully saturated rings. The maximum absolute atomic E-state index is 9.54. The van der Waals surface area contributed by atoms with Gasteiger partial charge in [-0.25, -0.2) is 0 Å². The molecule has 0 spiro atoms. The second-order valence-electron chi connectivity index (χ2n) is 5.25. The van der Waals surface area contributed by atoms with E-state index in [0.717, 1.165) is 25.8 Å². The Hall–Kier alpha value is -0.870. The van der Waals surface area contributed by atoms with Gasteiger partial charge >= 0.3 is 0 Å². The molecular weight excluding hydrogens is 214 g/mol. The Morgan fingerprint density at radius 1 is 1.47 bits per heavy atom. The number of aliphatic hydroxyl groups excluding tert-OH is 1. The van der Waals surface area contributed by atoms with Crippen LogP contribution in [0.5, 0.6) is 0 Å². The molecule has 1 unspecified atom stereocenters. The van der Waals surface area contributed by atoms with Crippen molar-refractivity contribution in [1.29, 1.82) is 0 Å². The van der Waals surface area contributed by atoms with Gasteiger partial charge in [0.2, 0.25) is 0 Å². The summed E-state index contributed by atoms with van der Waals surface area (Å²) < 4.78 is 1.96. The van der Waals surface area contributed by atoms with Gasteiger partial charge in [0.25, 0.3) is 0 Å². The average molecular weight is 237 g/mol. The van der Waals surface area contributed by atoms with Crippen LogP contribution in [0.3, 0.4) is 0 Å². The van der Waals surface area contributed by atoms with Crippen molar-refractivity contribution in [2.24, 2.45) is 0 Å². The molecule has 17 heavy (non-hydrogen) atoms. The van der Waals surface area contributed by atoms with Crippen LogP contribution >= 0.6 is 0 Å². The van der Waals surface area contributed by atoms with E-state index in [4.69, 9.17) is 0 Å². The SMILES string of the molecule is CC(CCn1cccn1)NC1(CO)CCCC1. The normalized spacial score (nSPS) is 20.6. The number of aromatic nitrogens is 2. The molecule has 1 aliphatic rings. The van der Waals surface area contributed by atoms with E-state index in [-0.39, 0.29) is 12.1 Å². The summed E-state index contributed by atoms with van der Waals surface area (Å²) in [5, 5.41) is 17.3. The first kappa shape index (κ1) is 12.6. The van der Waals surface area contributed by atoms with E-state index < -0.39 is 0 Å². The van der Waals surface area contributed by atoms with Crippen molar-refractivity contribution < 1.29 is 5.11 Å². The number of hydrogen-bond donors (Lipinski definition) is 2. The lowest BCUT2D eigenvalue weighted by molar-refractivity contribution is 0.150. The van der Waals surface area contributed by atoms with E-state index >= 15 is 0 Å². The van der Waals surface area contributed by atoms with Gasteiger partial charge in [-0.1, -0.05) is 12.8 Å². The van der Waals surface area contributed by atoms with Crippen LogP contribution in [0, 0.1) is 0 Å². The van der Waals surface area contributed by atoms with E-state index in [1.165, 1.54) is 12.8 Å².